The van der Waals surface area contributed by atoms with E-state index in [0.717, 1.165) is 16.9 Å². The summed E-state index contributed by atoms with van der Waals surface area (Å²) in [7, 11) is 0. The molecule has 7 heteroatoms. The average molecular weight is 469 g/mol. The van der Waals surface area contributed by atoms with Crippen molar-refractivity contribution in [3.63, 3.8) is 0 Å². The van der Waals surface area contributed by atoms with Crippen molar-refractivity contribution in [3.05, 3.63) is 94.5 Å². The van der Waals surface area contributed by atoms with Gasteiger partial charge in [0.25, 0.3) is 0 Å². The van der Waals surface area contributed by atoms with Gasteiger partial charge in [-0.25, -0.2) is 5.43 Å². The molecule has 0 fully saturated rings. The summed E-state index contributed by atoms with van der Waals surface area (Å²) < 4.78 is 11.6. The molecule has 5 nitrogen and oxygen atoms in total. The molecule has 0 saturated heterocycles. The molecule has 3 aromatic carbocycles. The maximum Gasteiger partial charge on any atom is 0.250 e. The topological polar surface area (TPSA) is 59.9 Å². The van der Waals surface area contributed by atoms with E-state index in [2.05, 4.69) is 10.5 Å². The summed E-state index contributed by atoms with van der Waals surface area (Å²) in [5, 5.41) is 4.74. The Kier molecular flexibility index (Phi) is 9.47. The molecule has 0 aliphatic carbocycles. The van der Waals surface area contributed by atoms with Gasteiger partial charge in [-0.3, -0.25) is 4.79 Å². The molecule has 0 radical (unpaired) electrons. The first-order chi connectivity index (χ1) is 15.6. The Morgan fingerprint density at radius 3 is 2.53 bits per heavy atom. The summed E-state index contributed by atoms with van der Waals surface area (Å²) in [5.74, 6) is 2.24. The second-order valence-corrected chi connectivity index (χ2v) is 8.25. The summed E-state index contributed by atoms with van der Waals surface area (Å²) in [6.07, 6.45) is 1.59. The maximum atomic E-state index is 12.0. The van der Waals surface area contributed by atoms with Crippen molar-refractivity contribution < 1.29 is 14.3 Å². The van der Waals surface area contributed by atoms with Crippen LogP contribution in [0.2, 0.25) is 5.02 Å². The van der Waals surface area contributed by atoms with Crippen LogP contribution in [0.1, 0.15) is 23.6 Å². The fourth-order valence-electron chi connectivity index (χ4n) is 2.78. The Bertz CT molecular complexity index is 1030. The van der Waals surface area contributed by atoms with Crippen LogP contribution >= 0.6 is 23.4 Å². The number of thioether (sulfide) groups is 1. The van der Waals surface area contributed by atoms with E-state index in [1.807, 2.05) is 79.7 Å². The number of hydrogen-bond donors (Lipinski definition) is 1. The molecule has 0 spiro atoms. The normalized spacial score (nSPS) is 10.8. The van der Waals surface area contributed by atoms with Gasteiger partial charge in [0.15, 0.2) is 11.5 Å². The lowest BCUT2D eigenvalue weighted by Crippen LogP contribution is -2.19. The van der Waals surface area contributed by atoms with Crippen LogP contribution in [0, 0.1) is 0 Å². The van der Waals surface area contributed by atoms with Gasteiger partial charge >= 0.3 is 0 Å². The summed E-state index contributed by atoms with van der Waals surface area (Å²) in [6.45, 7) is 2.83. The highest BCUT2D eigenvalue weighted by Crippen LogP contribution is 2.29. The standard InChI is InChI=1S/C25H25ClN2O3S/c1-2-30-24-14-21(10-13-23(24)31-16-19-8-11-22(26)12-9-19)15-27-28-25(29)18-32-17-20-6-4-3-5-7-20/h3-15H,2,16-18H2,1H3,(H,28,29)/b27-15-. The molecule has 0 saturated carbocycles. The molecule has 3 aromatic rings. The lowest BCUT2D eigenvalue weighted by Gasteiger charge is -2.12. The number of hydrogen-bond acceptors (Lipinski definition) is 5. The summed E-state index contributed by atoms with van der Waals surface area (Å²) in [4.78, 5) is 12.0. The maximum absolute atomic E-state index is 12.0. The fourth-order valence-corrected chi connectivity index (χ4v) is 3.69. The molecule has 0 atom stereocenters. The Morgan fingerprint density at radius 2 is 1.78 bits per heavy atom. The number of carbonyl (C=O) groups is 1. The first kappa shape index (κ1) is 23.7. The minimum Gasteiger partial charge on any atom is -0.490 e. The predicted octanol–water partition coefficient (Wildman–Crippen LogP) is 5.70. The van der Waals surface area contributed by atoms with Crippen LogP contribution in [-0.2, 0) is 17.2 Å². The second kappa shape index (κ2) is 12.8. The van der Waals surface area contributed by atoms with Crippen molar-refractivity contribution in [2.24, 2.45) is 5.10 Å². The van der Waals surface area contributed by atoms with Crippen molar-refractivity contribution in [2.45, 2.75) is 19.3 Å². The average Bonchev–Trinajstić information content (AvgIpc) is 2.80. The van der Waals surface area contributed by atoms with Crippen LogP contribution in [0.15, 0.2) is 77.9 Å². The Hall–Kier alpha value is -2.96. The lowest BCUT2D eigenvalue weighted by atomic mass is 10.2. The Morgan fingerprint density at radius 1 is 1.00 bits per heavy atom. The van der Waals surface area contributed by atoms with Crippen molar-refractivity contribution in [1.82, 2.24) is 5.43 Å². The van der Waals surface area contributed by atoms with Crippen molar-refractivity contribution in [3.8, 4) is 11.5 Å². The third-order valence-electron chi connectivity index (χ3n) is 4.32. The molecule has 0 aliphatic heterocycles. The number of benzene rings is 3. The first-order valence-corrected chi connectivity index (χ1v) is 11.7. The number of carbonyl (C=O) groups excluding carboxylic acids is 1. The molecule has 166 valence electrons. The van der Waals surface area contributed by atoms with Crippen molar-refractivity contribution in [1.29, 1.82) is 0 Å². The molecular weight excluding hydrogens is 444 g/mol. The summed E-state index contributed by atoms with van der Waals surface area (Å²) in [5.41, 5.74) is 5.56. The van der Waals surface area contributed by atoms with E-state index >= 15 is 0 Å². The van der Waals surface area contributed by atoms with E-state index in [-0.39, 0.29) is 5.91 Å². The number of amides is 1. The minimum absolute atomic E-state index is 0.143. The molecule has 0 unspecified atom stereocenters. The zero-order valence-electron chi connectivity index (χ0n) is 17.8. The first-order valence-electron chi connectivity index (χ1n) is 10.2. The third kappa shape index (κ3) is 7.94. The van der Waals surface area contributed by atoms with E-state index in [0.29, 0.717) is 35.5 Å². The molecule has 1 N–H and O–H groups in total. The van der Waals surface area contributed by atoms with Crippen LogP contribution in [0.5, 0.6) is 11.5 Å². The van der Waals surface area contributed by atoms with E-state index in [4.69, 9.17) is 21.1 Å². The predicted molar refractivity (Wildman–Crippen MR) is 132 cm³/mol. The van der Waals surface area contributed by atoms with Crippen molar-refractivity contribution >= 4 is 35.5 Å². The molecule has 0 bridgehead atoms. The smallest absolute Gasteiger partial charge is 0.250 e. The number of ether oxygens (including phenoxy) is 2. The van der Waals surface area contributed by atoms with Gasteiger partial charge in [-0.1, -0.05) is 54.1 Å². The monoisotopic (exact) mass is 468 g/mol. The SMILES string of the molecule is CCOc1cc(/C=N\NC(=O)CSCc2ccccc2)ccc1OCc1ccc(Cl)cc1. The number of rotatable bonds is 11. The molecule has 1 amide bonds. The van der Waals surface area contributed by atoms with Gasteiger partial charge in [0.05, 0.1) is 18.6 Å². The van der Waals surface area contributed by atoms with E-state index < -0.39 is 0 Å². The van der Waals surface area contributed by atoms with Gasteiger partial charge in [0.1, 0.15) is 6.61 Å². The van der Waals surface area contributed by atoms with E-state index in [9.17, 15) is 4.79 Å². The number of halogens is 1. The fraction of sp³-hybridized carbons (Fsp3) is 0.200. The summed E-state index contributed by atoms with van der Waals surface area (Å²) in [6, 6.07) is 23.1. The van der Waals surface area contributed by atoms with Gasteiger partial charge in [-0.05, 0) is 53.9 Å². The Balaban J connectivity index is 1.50. The highest BCUT2D eigenvalue weighted by molar-refractivity contribution is 7.99. The highest BCUT2D eigenvalue weighted by atomic mass is 35.5. The lowest BCUT2D eigenvalue weighted by molar-refractivity contribution is -0.118. The van der Waals surface area contributed by atoms with Crippen LogP contribution in [-0.4, -0.2) is 24.5 Å². The molecule has 0 aromatic heterocycles. The van der Waals surface area contributed by atoms with E-state index in [1.165, 1.54) is 5.56 Å². The number of nitrogens with zero attached hydrogens (tertiary/aromatic N) is 1. The minimum atomic E-state index is -0.143. The van der Waals surface area contributed by atoms with Gasteiger partial charge < -0.3 is 9.47 Å². The second-order valence-electron chi connectivity index (χ2n) is 6.83. The number of nitrogens with one attached hydrogen (secondary N) is 1. The van der Waals surface area contributed by atoms with Crippen LogP contribution in [0.3, 0.4) is 0 Å². The Labute approximate surface area is 197 Å². The molecular formula is C25H25ClN2O3S. The van der Waals surface area contributed by atoms with E-state index in [1.54, 1.807) is 18.0 Å². The molecule has 3 rings (SSSR count). The van der Waals surface area contributed by atoms with Gasteiger partial charge in [0.2, 0.25) is 5.91 Å². The molecule has 0 aliphatic rings. The third-order valence-corrected chi connectivity index (χ3v) is 5.58. The zero-order chi connectivity index (χ0) is 22.6. The largest absolute Gasteiger partial charge is 0.490 e. The van der Waals surface area contributed by atoms with Crippen LogP contribution in [0.4, 0.5) is 0 Å². The molecule has 32 heavy (non-hydrogen) atoms. The highest BCUT2D eigenvalue weighted by Gasteiger charge is 2.07. The van der Waals surface area contributed by atoms with Gasteiger partial charge in [-0.15, -0.1) is 11.8 Å². The van der Waals surface area contributed by atoms with Crippen LogP contribution < -0.4 is 14.9 Å². The molecule has 0 heterocycles. The van der Waals surface area contributed by atoms with Crippen LogP contribution in [0.25, 0.3) is 0 Å². The van der Waals surface area contributed by atoms with Gasteiger partial charge in [-0.2, -0.15) is 5.10 Å². The van der Waals surface area contributed by atoms with Gasteiger partial charge in [0, 0.05) is 10.8 Å². The van der Waals surface area contributed by atoms with Crippen molar-refractivity contribution in [2.75, 3.05) is 12.4 Å². The summed E-state index contributed by atoms with van der Waals surface area (Å²) >= 11 is 7.47. The number of hydrazone groups is 1. The quantitative estimate of drug-likeness (QED) is 0.289. The zero-order valence-corrected chi connectivity index (χ0v) is 19.4.